The van der Waals surface area contributed by atoms with Gasteiger partial charge in [0.25, 0.3) is 5.69 Å². The van der Waals surface area contributed by atoms with Gasteiger partial charge in [0.15, 0.2) is 4.90 Å². The largest absolute Gasteiger partial charge is 0.395 e. The number of hydrogen-bond donors (Lipinski definition) is 2. The van der Waals surface area contributed by atoms with Crippen molar-refractivity contribution in [3.8, 4) is 0 Å². The topological polar surface area (TPSA) is 121 Å². The lowest BCUT2D eigenvalue weighted by molar-refractivity contribution is -0.387. The fourth-order valence-electron chi connectivity index (χ4n) is 1.56. The van der Waals surface area contributed by atoms with Crippen LogP contribution in [0.1, 0.15) is 0 Å². The first-order valence-corrected chi connectivity index (χ1v) is 7.73. The van der Waals surface area contributed by atoms with Crippen LogP contribution in [0, 0.1) is 10.1 Å². The lowest BCUT2D eigenvalue weighted by Crippen LogP contribution is -2.36. The van der Waals surface area contributed by atoms with Crippen LogP contribution in [0.4, 0.5) is 5.69 Å². The Bertz CT molecular complexity index is 585. The third kappa shape index (κ3) is 3.73. The molecule has 0 amide bonds. The van der Waals surface area contributed by atoms with E-state index in [1.807, 2.05) is 0 Å². The number of aliphatic hydroxyl groups is 2. The summed E-state index contributed by atoms with van der Waals surface area (Å²) < 4.78 is 25.9. The molecule has 0 unspecified atom stereocenters. The third-order valence-electron chi connectivity index (χ3n) is 2.44. The van der Waals surface area contributed by atoms with Crippen molar-refractivity contribution >= 4 is 31.6 Å². The number of nitro groups is 1. The molecule has 112 valence electrons. The molecule has 0 fully saturated rings. The molecule has 20 heavy (non-hydrogen) atoms. The lowest BCUT2D eigenvalue weighted by atomic mass is 10.3. The van der Waals surface area contributed by atoms with Gasteiger partial charge in [-0.2, -0.15) is 4.31 Å². The highest BCUT2D eigenvalue weighted by Gasteiger charge is 2.31. The number of nitrogens with zero attached hydrogens (tertiary/aromatic N) is 2. The van der Waals surface area contributed by atoms with Gasteiger partial charge >= 0.3 is 0 Å². The maximum absolute atomic E-state index is 12.4. The fourth-order valence-corrected chi connectivity index (χ4v) is 3.68. The molecule has 0 aliphatic heterocycles. The molecule has 10 heteroatoms. The van der Waals surface area contributed by atoms with E-state index < -0.39 is 38.7 Å². The van der Waals surface area contributed by atoms with E-state index in [1.54, 1.807) is 0 Å². The Balaban J connectivity index is 3.39. The molecule has 0 aromatic heterocycles. The zero-order valence-electron chi connectivity index (χ0n) is 10.3. The molecule has 0 atom stereocenters. The van der Waals surface area contributed by atoms with E-state index in [9.17, 15) is 18.5 Å². The Labute approximate surface area is 124 Å². The van der Waals surface area contributed by atoms with Crippen LogP contribution in [0.3, 0.4) is 0 Å². The molecule has 0 aliphatic rings. The van der Waals surface area contributed by atoms with Crippen LogP contribution in [-0.4, -0.2) is 54.2 Å². The van der Waals surface area contributed by atoms with Gasteiger partial charge in [-0.05, 0) is 12.1 Å². The fraction of sp³-hybridized carbons (Fsp3) is 0.400. The number of sulfonamides is 1. The van der Waals surface area contributed by atoms with Crippen LogP contribution in [0.25, 0.3) is 0 Å². The molecule has 0 spiro atoms. The van der Waals surface area contributed by atoms with Crippen molar-refractivity contribution in [1.29, 1.82) is 0 Å². The summed E-state index contributed by atoms with van der Waals surface area (Å²) in [5.41, 5.74) is -0.561. The van der Waals surface area contributed by atoms with E-state index in [-0.39, 0.29) is 13.1 Å². The number of rotatable bonds is 7. The van der Waals surface area contributed by atoms with E-state index in [1.165, 1.54) is 6.07 Å². The van der Waals surface area contributed by atoms with Gasteiger partial charge in [-0.25, -0.2) is 8.42 Å². The van der Waals surface area contributed by atoms with Gasteiger partial charge in [0, 0.05) is 23.6 Å². The van der Waals surface area contributed by atoms with Crippen molar-refractivity contribution in [2.24, 2.45) is 0 Å². The number of aliphatic hydroxyl groups excluding tert-OH is 2. The smallest absolute Gasteiger partial charge is 0.289 e. The number of benzene rings is 1. The zero-order chi connectivity index (χ0) is 15.3. The number of nitro benzene ring substituents is 1. The van der Waals surface area contributed by atoms with Crippen LogP contribution >= 0.6 is 15.9 Å². The molecule has 1 aromatic rings. The highest BCUT2D eigenvalue weighted by atomic mass is 79.9. The van der Waals surface area contributed by atoms with Crippen molar-refractivity contribution in [3.63, 3.8) is 0 Å². The summed E-state index contributed by atoms with van der Waals surface area (Å²) in [6, 6.07) is 3.56. The molecule has 0 heterocycles. The summed E-state index contributed by atoms with van der Waals surface area (Å²) >= 11 is 3.06. The standard InChI is InChI=1S/C10H13BrN2O6S/c11-8-1-2-9(13(16)17)10(7-8)20(18,19)12(3-5-14)4-6-15/h1-2,7,14-15H,3-6H2. The first kappa shape index (κ1) is 17.0. The van der Waals surface area contributed by atoms with Gasteiger partial charge < -0.3 is 10.2 Å². The van der Waals surface area contributed by atoms with E-state index in [2.05, 4.69) is 15.9 Å². The minimum absolute atomic E-state index is 0.257. The molecule has 1 aromatic carbocycles. The minimum Gasteiger partial charge on any atom is -0.395 e. The first-order valence-electron chi connectivity index (χ1n) is 5.50. The second-order valence-corrected chi connectivity index (χ2v) is 6.54. The molecular weight excluding hydrogens is 356 g/mol. The molecule has 0 bridgehead atoms. The molecule has 0 saturated carbocycles. The van der Waals surface area contributed by atoms with E-state index in [4.69, 9.17) is 10.2 Å². The Kier molecular flexibility index (Phi) is 6.02. The zero-order valence-corrected chi connectivity index (χ0v) is 12.7. The minimum atomic E-state index is -4.18. The maximum Gasteiger partial charge on any atom is 0.289 e. The van der Waals surface area contributed by atoms with Gasteiger partial charge in [0.2, 0.25) is 10.0 Å². The van der Waals surface area contributed by atoms with Crippen LogP contribution in [-0.2, 0) is 10.0 Å². The van der Waals surface area contributed by atoms with E-state index in [0.717, 1.165) is 16.4 Å². The molecule has 2 N–H and O–H groups in total. The average Bonchev–Trinajstić information content (AvgIpc) is 2.38. The number of halogens is 1. The SMILES string of the molecule is O=[N+]([O-])c1ccc(Br)cc1S(=O)(=O)N(CCO)CCO. The predicted octanol–water partition coefficient (Wildman–Crippen LogP) is 0.333. The Morgan fingerprint density at radius 2 is 1.80 bits per heavy atom. The third-order valence-corrected chi connectivity index (χ3v) is 4.86. The molecule has 8 nitrogen and oxygen atoms in total. The normalized spacial score (nSPS) is 11.8. The van der Waals surface area contributed by atoms with E-state index in [0.29, 0.717) is 4.47 Å². The highest BCUT2D eigenvalue weighted by molar-refractivity contribution is 9.10. The quantitative estimate of drug-likeness (QED) is 0.528. The van der Waals surface area contributed by atoms with Crippen LogP contribution in [0.5, 0.6) is 0 Å². The van der Waals surface area contributed by atoms with Crippen molar-refractivity contribution in [3.05, 3.63) is 32.8 Å². The second-order valence-electron chi connectivity index (χ2n) is 3.72. The van der Waals surface area contributed by atoms with Crippen molar-refractivity contribution in [1.82, 2.24) is 4.31 Å². The van der Waals surface area contributed by atoms with E-state index >= 15 is 0 Å². The van der Waals surface area contributed by atoms with Crippen molar-refractivity contribution in [2.45, 2.75) is 4.90 Å². The summed E-state index contributed by atoms with van der Waals surface area (Å²) in [4.78, 5) is 9.64. The average molecular weight is 369 g/mol. The summed E-state index contributed by atoms with van der Waals surface area (Å²) in [6.45, 7) is -1.43. The van der Waals surface area contributed by atoms with Crippen LogP contribution in [0.15, 0.2) is 27.6 Å². The molecular formula is C10H13BrN2O6S. The van der Waals surface area contributed by atoms with Gasteiger partial charge in [0.05, 0.1) is 18.1 Å². The second kappa shape index (κ2) is 7.09. The maximum atomic E-state index is 12.4. The Hall–Kier alpha value is -1.07. The molecule has 0 saturated heterocycles. The molecule has 1 rings (SSSR count). The highest BCUT2D eigenvalue weighted by Crippen LogP contribution is 2.29. The van der Waals surface area contributed by atoms with Crippen molar-refractivity contribution < 1.29 is 23.6 Å². The summed E-state index contributed by atoms with van der Waals surface area (Å²) in [5.74, 6) is 0. The first-order chi connectivity index (χ1) is 9.34. The van der Waals surface area contributed by atoms with Crippen LogP contribution in [0.2, 0.25) is 0 Å². The predicted molar refractivity (Wildman–Crippen MR) is 73.7 cm³/mol. The molecule has 0 radical (unpaired) electrons. The van der Waals surface area contributed by atoms with Gasteiger partial charge in [-0.15, -0.1) is 0 Å². The summed E-state index contributed by atoms with van der Waals surface area (Å²) in [5, 5.41) is 28.7. The summed E-state index contributed by atoms with van der Waals surface area (Å²) in [6.07, 6.45) is 0. The van der Waals surface area contributed by atoms with Crippen LogP contribution < -0.4 is 0 Å². The number of hydrogen-bond acceptors (Lipinski definition) is 6. The van der Waals surface area contributed by atoms with Gasteiger partial charge in [0.1, 0.15) is 0 Å². The van der Waals surface area contributed by atoms with Gasteiger partial charge in [-0.3, -0.25) is 10.1 Å². The Morgan fingerprint density at radius 3 is 2.25 bits per heavy atom. The van der Waals surface area contributed by atoms with Crippen molar-refractivity contribution in [2.75, 3.05) is 26.3 Å². The Morgan fingerprint density at radius 1 is 1.25 bits per heavy atom. The summed E-state index contributed by atoms with van der Waals surface area (Å²) in [7, 11) is -4.18. The van der Waals surface area contributed by atoms with Gasteiger partial charge in [-0.1, -0.05) is 15.9 Å². The molecule has 0 aliphatic carbocycles. The lowest BCUT2D eigenvalue weighted by Gasteiger charge is -2.20. The monoisotopic (exact) mass is 368 g/mol.